The second-order valence-electron chi connectivity index (χ2n) is 5.68. The van der Waals surface area contributed by atoms with Crippen molar-refractivity contribution in [1.82, 2.24) is 15.1 Å². The molecule has 0 radical (unpaired) electrons. The maximum Gasteiger partial charge on any atom is 0.127 e. The maximum absolute atomic E-state index is 5.75. The van der Waals surface area contributed by atoms with E-state index in [0.717, 1.165) is 36.3 Å². The van der Waals surface area contributed by atoms with Crippen molar-refractivity contribution in [3.63, 3.8) is 0 Å². The van der Waals surface area contributed by atoms with Gasteiger partial charge in [0.1, 0.15) is 5.75 Å². The van der Waals surface area contributed by atoms with E-state index in [1.807, 2.05) is 10.9 Å². The summed E-state index contributed by atoms with van der Waals surface area (Å²) in [6.45, 7) is 6.67. The number of benzene rings is 1. The van der Waals surface area contributed by atoms with E-state index in [9.17, 15) is 0 Å². The Balaban J connectivity index is 1.63. The molecule has 21 heavy (non-hydrogen) atoms. The minimum Gasteiger partial charge on any atom is -0.493 e. The second-order valence-corrected chi connectivity index (χ2v) is 6.59. The van der Waals surface area contributed by atoms with Crippen molar-refractivity contribution in [3.8, 4) is 5.75 Å². The van der Waals surface area contributed by atoms with Crippen molar-refractivity contribution < 1.29 is 4.74 Å². The van der Waals surface area contributed by atoms with E-state index >= 15 is 0 Å². The van der Waals surface area contributed by atoms with E-state index in [4.69, 9.17) is 4.74 Å². The van der Waals surface area contributed by atoms with Gasteiger partial charge in [0, 0.05) is 47.3 Å². The molecular weight excluding hydrogens is 330 g/mol. The minimum atomic E-state index is 0.403. The van der Waals surface area contributed by atoms with E-state index in [1.165, 1.54) is 16.7 Å². The van der Waals surface area contributed by atoms with Crippen molar-refractivity contribution >= 4 is 15.9 Å². The standard InChI is InChI=1S/C16H20BrN3O/c1-11(2)20-10-12(8-19-20)7-18-9-14-6-15(17)5-13-3-4-21-16(13)14/h5-6,8,10-11,18H,3-4,7,9H2,1-2H3. The van der Waals surface area contributed by atoms with Crippen LogP contribution < -0.4 is 10.1 Å². The van der Waals surface area contributed by atoms with E-state index < -0.39 is 0 Å². The Hall–Kier alpha value is -1.33. The van der Waals surface area contributed by atoms with Crippen LogP contribution in [0, 0.1) is 0 Å². The number of fused-ring (bicyclic) bond motifs is 1. The number of hydrogen-bond donors (Lipinski definition) is 1. The van der Waals surface area contributed by atoms with Gasteiger partial charge in [0.2, 0.25) is 0 Å². The van der Waals surface area contributed by atoms with Crippen LogP contribution >= 0.6 is 15.9 Å². The van der Waals surface area contributed by atoms with Gasteiger partial charge in [-0.15, -0.1) is 0 Å². The topological polar surface area (TPSA) is 39.1 Å². The van der Waals surface area contributed by atoms with Crippen molar-refractivity contribution in [2.45, 2.75) is 39.4 Å². The van der Waals surface area contributed by atoms with Crippen LogP contribution in [0.3, 0.4) is 0 Å². The summed E-state index contributed by atoms with van der Waals surface area (Å²) in [7, 11) is 0. The lowest BCUT2D eigenvalue weighted by molar-refractivity contribution is 0.352. The Morgan fingerprint density at radius 1 is 1.38 bits per heavy atom. The molecule has 0 fully saturated rings. The number of nitrogens with zero attached hydrogens (tertiary/aromatic N) is 2. The zero-order valence-electron chi connectivity index (χ0n) is 12.4. The normalized spacial score (nSPS) is 13.5. The Kier molecular flexibility index (Phi) is 4.31. The van der Waals surface area contributed by atoms with E-state index in [-0.39, 0.29) is 0 Å². The molecule has 0 saturated heterocycles. The lowest BCUT2D eigenvalue weighted by atomic mass is 10.1. The number of aromatic nitrogens is 2. The van der Waals surface area contributed by atoms with Crippen LogP contribution in [0.25, 0.3) is 0 Å². The molecule has 0 amide bonds. The molecule has 0 bridgehead atoms. The average Bonchev–Trinajstić information content (AvgIpc) is 3.06. The number of ether oxygens (including phenoxy) is 1. The predicted molar refractivity (Wildman–Crippen MR) is 86.5 cm³/mol. The summed E-state index contributed by atoms with van der Waals surface area (Å²) in [6, 6.07) is 4.69. The highest BCUT2D eigenvalue weighted by atomic mass is 79.9. The van der Waals surface area contributed by atoms with Gasteiger partial charge in [-0.1, -0.05) is 15.9 Å². The molecule has 0 saturated carbocycles. The summed E-state index contributed by atoms with van der Waals surface area (Å²) in [5, 5.41) is 7.83. The zero-order valence-corrected chi connectivity index (χ0v) is 14.0. The Morgan fingerprint density at radius 3 is 3.00 bits per heavy atom. The van der Waals surface area contributed by atoms with Crippen LogP contribution in [0.1, 0.15) is 36.6 Å². The first-order valence-corrected chi connectivity index (χ1v) is 8.10. The molecule has 0 aliphatic carbocycles. The average molecular weight is 350 g/mol. The maximum atomic E-state index is 5.75. The number of hydrogen-bond acceptors (Lipinski definition) is 3. The van der Waals surface area contributed by atoms with Gasteiger partial charge in [0.25, 0.3) is 0 Å². The largest absolute Gasteiger partial charge is 0.493 e. The van der Waals surface area contributed by atoms with E-state index in [1.54, 1.807) is 0 Å². The summed E-state index contributed by atoms with van der Waals surface area (Å²) in [6.07, 6.45) is 5.03. The first-order chi connectivity index (χ1) is 10.1. The Bertz CT molecular complexity index is 636. The number of halogens is 1. The molecule has 5 heteroatoms. The quantitative estimate of drug-likeness (QED) is 0.898. The summed E-state index contributed by atoms with van der Waals surface area (Å²) in [5.74, 6) is 1.06. The van der Waals surface area contributed by atoms with Gasteiger partial charge in [-0.25, -0.2) is 0 Å². The van der Waals surface area contributed by atoms with Crippen LogP contribution in [-0.2, 0) is 19.5 Å². The first-order valence-electron chi connectivity index (χ1n) is 7.31. The molecule has 0 spiro atoms. The van der Waals surface area contributed by atoms with Gasteiger partial charge in [-0.3, -0.25) is 4.68 Å². The monoisotopic (exact) mass is 349 g/mol. The highest BCUT2D eigenvalue weighted by Gasteiger charge is 2.17. The third kappa shape index (κ3) is 3.30. The van der Waals surface area contributed by atoms with Gasteiger partial charge in [-0.2, -0.15) is 5.10 Å². The Morgan fingerprint density at radius 2 is 2.24 bits per heavy atom. The minimum absolute atomic E-state index is 0.403. The fourth-order valence-corrected chi connectivity index (χ4v) is 3.12. The molecular formula is C16H20BrN3O. The molecule has 0 atom stereocenters. The van der Waals surface area contributed by atoms with Gasteiger partial charge in [0.05, 0.1) is 12.8 Å². The molecule has 3 rings (SSSR count). The fourth-order valence-electron chi connectivity index (χ4n) is 2.57. The van der Waals surface area contributed by atoms with Crippen molar-refractivity contribution in [2.75, 3.05) is 6.61 Å². The molecule has 4 nitrogen and oxygen atoms in total. The van der Waals surface area contributed by atoms with Gasteiger partial charge >= 0.3 is 0 Å². The van der Waals surface area contributed by atoms with Crippen LogP contribution in [0.4, 0.5) is 0 Å². The summed E-state index contributed by atoms with van der Waals surface area (Å²) < 4.78 is 8.85. The van der Waals surface area contributed by atoms with Crippen molar-refractivity contribution in [3.05, 3.63) is 45.7 Å². The van der Waals surface area contributed by atoms with Gasteiger partial charge in [-0.05, 0) is 31.5 Å². The molecule has 1 aliphatic rings. The molecule has 1 aliphatic heterocycles. The highest BCUT2D eigenvalue weighted by Crippen LogP contribution is 2.32. The molecule has 1 N–H and O–H groups in total. The van der Waals surface area contributed by atoms with Crippen molar-refractivity contribution in [2.24, 2.45) is 0 Å². The Labute approximate surface area is 133 Å². The molecule has 2 aromatic rings. The lowest BCUT2D eigenvalue weighted by Crippen LogP contribution is -2.13. The molecule has 1 aromatic carbocycles. The fraction of sp³-hybridized carbons (Fsp3) is 0.438. The van der Waals surface area contributed by atoms with Crippen LogP contribution in [0.2, 0.25) is 0 Å². The van der Waals surface area contributed by atoms with E-state index in [0.29, 0.717) is 6.04 Å². The second kappa shape index (κ2) is 6.20. The van der Waals surface area contributed by atoms with Crippen LogP contribution in [0.5, 0.6) is 5.75 Å². The summed E-state index contributed by atoms with van der Waals surface area (Å²) in [5.41, 5.74) is 3.72. The third-order valence-electron chi connectivity index (χ3n) is 3.65. The highest BCUT2D eigenvalue weighted by molar-refractivity contribution is 9.10. The SMILES string of the molecule is CC(C)n1cc(CNCc2cc(Br)cc3c2OCC3)cn1. The van der Waals surface area contributed by atoms with E-state index in [2.05, 4.69) is 58.5 Å². The lowest BCUT2D eigenvalue weighted by Gasteiger charge is -2.10. The number of nitrogens with one attached hydrogen (secondary N) is 1. The van der Waals surface area contributed by atoms with Crippen molar-refractivity contribution in [1.29, 1.82) is 0 Å². The molecule has 112 valence electrons. The molecule has 2 heterocycles. The summed E-state index contributed by atoms with van der Waals surface area (Å²) >= 11 is 3.58. The molecule has 1 aromatic heterocycles. The third-order valence-corrected chi connectivity index (χ3v) is 4.11. The first kappa shape index (κ1) is 14.6. The smallest absolute Gasteiger partial charge is 0.127 e. The van der Waals surface area contributed by atoms with Gasteiger partial charge < -0.3 is 10.1 Å². The summed E-state index contributed by atoms with van der Waals surface area (Å²) in [4.78, 5) is 0. The van der Waals surface area contributed by atoms with Gasteiger partial charge in [0.15, 0.2) is 0 Å². The van der Waals surface area contributed by atoms with Crippen LogP contribution in [0.15, 0.2) is 29.0 Å². The van der Waals surface area contributed by atoms with Crippen LogP contribution in [-0.4, -0.2) is 16.4 Å². The molecule has 0 unspecified atom stereocenters. The predicted octanol–water partition coefficient (Wildman–Crippen LogP) is 3.45. The zero-order chi connectivity index (χ0) is 14.8. The number of rotatable bonds is 5.